The molecule has 6 rings (SSSR count). The van der Waals surface area contributed by atoms with Crippen molar-refractivity contribution in [2.24, 2.45) is 5.10 Å². The summed E-state index contributed by atoms with van der Waals surface area (Å²) < 4.78 is 8.19. The Hall–Kier alpha value is -4.39. The molecule has 1 aliphatic carbocycles. The van der Waals surface area contributed by atoms with Gasteiger partial charge in [0.25, 0.3) is 5.91 Å². The molecular weight excluding hydrogens is 500 g/mol. The van der Waals surface area contributed by atoms with Crippen molar-refractivity contribution in [1.29, 1.82) is 0 Å². The van der Waals surface area contributed by atoms with Crippen molar-refractivity contribution in [3.05, 3.63) is 94.5 Å². The van der Waals surface area contributed by atoms with Crippen LogP contribution in [0.4, 0.5) is 0 Å². The first-order valence-electron chi connectivity index (χ1n) is 13.9. The molecule has 0 fully saturated rings. The standard InChI is InChI=1S/C33H34N4O3/c1-33(2,3)24-18-28-31(22-13-7-10-16-27(22)40-28)23(32(24)39)19-34-36-30(38)20-37-26-15-9-8-14-25(26)35-29(37)17-21-11-5-4-6-12-21/h4-6,8-9,11-12,14-15,18-19,39H,7,10,13,16-17,20H2,1-3H3,(H,36,38)/b34-19+. The molecule has 40 heavy (non-hydrogen) atoms. The molecule has 1 aliphatic rings. The molecule has 0 aliphatic heterocycles. The molecule has 0 bridgehead atoms. The molecule has 0 unspecified atom stereocenters. The quantitative estimate of drug-likeness (QED) is 0.195. The van der Waals surface area contributed by atoms with Crippen LogP contribution in [-0.4, -0.2) is 26.8 Å². The summed E-state index contributed by atoms with van der Waals surface area (Å²) in [6.45, 7) is 6.25. The lowest BCUT2D eigenvalue weighted by atomic mass is 9.83. The first-order chi connectivity index (χ1) is 19.3. The van der Waals surface area contributed by atoms with Crippen LogP contribution < -0.4 is 5.43 Å². The summed E-state index contributed by atoms with van der Waals surface area (Å²) in [4.78, 5) is 18.0. The molecular formula is C33H34N4O3. The topological polar surface area (TPSA) is 92.7 Å². The van der Waals surface area contributed by atoms with Gasteiger partial charge in [-0.1, -0.05) is 63.2 Å². The molecule has 7 nitrogen and oxygen atoms in total. The first-order valence-corrected chi connectivity index (χ1v) is 13.9. The fraction of sp³-hybridized carbons (Fsp3) is 0.303. The van der Waals surface area contributed by atoms with Crippen LogP contribution >= 0.6 is 0 Å². The van der Waals surface area contributed by atoms with Crippen LogP contribution in [0.15, 0.2) is 70.2 Å². The number of amides is 1. The zero-order valence-corrected chi connectivity index (χ0v) is 23.2. The third-order valence-corrected chi connectivity index (χ3v) is 7.68. The predicted octanol–water partition coefficient (Wildman–Crippen LogP) is 6.41. The van der Waals surface area contributed by atoms with E-state index in [1.807, 2.05) is 53.1 Å². The van der Waals surface area contributed by atoms with Gasteiger partial charge in [0.05, 0.1) is 17.2 Å². The molecule has 2 aromatic heterocycles. The number of carbonyl (C=O) groups is 1. The normalized spacial score (nSPS) is 13.8. The van der Waals surface area contributed by atoms with E-state index in [1.165, 1.54) is 0 Å². The van der Waals surface area contributed by atoms with E-state index in [1.54, 1.807) is 6.21 Å². The number of hydrazone groups is 1. The third kappa shape index (κ3) is 4.88. The lowest BCUT2D eigenvalue weighted by molar-refractivity contribution is -0.121. The lowest BCUT2D eigenvalue weighted by Crippen LogP contribution is -2.24. The van der Waals surface area contributed by atoms with E-state index >= 15 is 0 Å². The minimum Gasteiger partial charge on any atom is -0.507 e. The van der Waals surface area contributed by atoms with Gasteiger partial charge in [-0.25, -0.2) is 10.4 Å². The number of hydrogen-bond acceptors (Lipinski definition) is 5. The summed E-state index contributed by atoms with van der Waals surface area (Å²) in [5.74, 6) is 1.71. The number of phenols is 1. The number of nitrogens with zero attached hydrogens (tertiary/aromatic N) is 3. The largest absolute Gasteiger partial charge is 0.507 e. The second-order valence-electron chi connectivity index (χ2n) is 11.6. The number of imidazole rings is 1. The SMILES string of the molecule is CC(C)(C)c1cc2oc3c(c2c(/C=N/NC(=O)Cn2c(Cc4ccccc4)nc4ccccc42)c1O)CCCC3. The number of aromatic nitrogens is 2. The molecule has 204 valence electrons. The number of hydrogen-bond donors (Lipinski definition) is 2. The number of phenolic OH excluding ortho intramolecular Hbond substituents is 1. The Morgan fingerprint density at radius 3 is 2.65 bits per heavy atom. The Morgan fingerprint density at radius 2 is 1.85 bits per heavy atom. The van der Waals surface area contributed by atoms with Crippen molar-refractivity contribution < 1.29 is 14.3 Å². The third-order valence-electron chi connectivity index (χ3n) is 7.68. The molecule has 3 aromatic carbocycles. The number of carbonyl (C=O) groups excluding carboxylic acids is 1. The van der Waals surface area contributed by atoms with Gasteiger partial charge >= 0.3 is 0 Å². The first kappa shape index (κ1) is 25.9. The fourth-order valence-electron chi connectivity index (χ4n) is 5.71. The van der Waals surface area contributed by atoms with Crippen molar-refractivity contribution >= 4 is 34.1 Å². The number of fused-ring (bicyclic) bond motifs is 4. The van der Waals surface area contributed by atoms with Crippen LogP contribution in [-0.2, 0) is 36.0 Å². The minimum absolute atomic E-state index is 0.0740. The molecule has 2 heterocycles. The van der Waals surface area contributed by atoms with E-state index in [0.717, 1.165) is 76.0 Å². The van der Waals surface area contributed by atoms with Crippen LogP contribution in [0.25, 0.3) is 22.0 Å². The minimum atomic E-state index is -0.297. The Labute approximate surface area is 233 Å². The number of para-hydroxylation sites is 2. The molecule has 2 N–H and O–H groups in total. The second-order valence-corrected chi connectivity index (χ2v) is 11.6. The monoisotopic (exact) mass is 534 g/mol. The molecule has 0 saturated carbocycles. The summed E-state index contributed by atoms with van der Waals surface area (Å²) in [6.07, 6.45) is 6.16. The maximum absolute atomic E-state index is 13.2. The van der Waals surface area contributed by atoms with Gasteiger partial charge in [-0.15, -0.1) is 0 Å². The van der Waals surface area contributed by atoms with Gasteiger partial charge < -0.3 is 14.1 Å². The van der Waals surface area contributed by atoms with Gasteiger partial charge in [0.1, 0.15) is 29.5 Å². The maximum Gasteiger partial charge on any atom is 0.260 e. The lowest BCUT2D eigenvalue weighted by Gasteiger charge is -2.21. The highest BCUT2D eigenvalue weighted by atomic mass is 16.3. The summed E-state index contributed by atoms with van der Waals surface area (Å²) >= 11 is 0. The Balaban J connectivity index is 1.30. The van der Waals surface area contributed by atoms with Crippen LogP contribution in [0.1, 0.15) is 67.5 Å². The highest BCUT2D eigenvalue weighted by Crippen LogP contribution is 2.42. The number of nitrogens with one attached hydrogen (secondary N) is 1. The molecule has 1 amide bonds. The van der Waals surface area contributed by atoms with Crippen molar-refractivity contribution in [3.63, 3.8) is 0 Å². The van der Waals surface area contributed by atoms with Crippen LogP contribution in [0.3, 0.4) is 0 Å². The van der Waals surface area contributed by atoms with E-state index in [2.05, 4.69) is 43.4 Å². The number of furan rings is 1. The summed E-state index contributed by atoms with van der Waals surface area (Å²) in [5.41, 5.74) is 8.54. The van der Waals surface area contributed by atoms with Gasteiger partial charge in [0.2, 0.25) is 0 Å². The zero-order chi connectivity index (χ0) is 27.9. The van der Waals surface area contributed by atoms with E-state index in [9.17, 15) is 9.90 Å². The van der Waals surface area contributed by atoms with Gasteiger partial charge in [0, 0.05) is 34.9 Å². The molecule has 5 aromatic rings. The Morgan fingerprint density at radius 1 is 1.10 bits per heavy atom. The number of aromatic hydroxyl groups is 1. The summed E-state index contributed by atoms with van der Waals surface area (Å²) in [6, 6.07) is 19.9. The number of benzene rings is 3. The zero-order valence-electron chi connectivity index (χ0n) is 23.2. The predicted molar refractivity (Wildman–Crippen MR) is 158 cm³/mol. The van der Waals surface area contributed by atoms with Gasteiger partial charge in [-0.2, -0.15) is 5.10 Å². The van der Waals surface area contributed by atoms with Crippen LogP contribution in [0.5, 0.6) is 5.75 Å². The summed E-state index contributed by atoms with van der Waals surface area (Å²) in [5, 5.41) is 16.6. The molecule has 0 atom stereocenters. The van der Waals surface area contributed by atoms with Gasteiger partial charge in [0.15, 0.2) is 0 Å². The molecule has 7 heteroatoms. The van der Waals surface area contributed by atoms with E-state index < -0.39 is 0 Å². The number of aryl methyl sites for hydroxylation is 2. The smallest absolute Gasteiger partial charge is 0.260 e. The highest BCUT2D eigenvalue weighted by molar-refractivity contribution is 6.04. The van der Waals surface area contributed by atoms with Crippen LogP contribution in [0.2, 0.25) is 0 Å². The van der Waals surface area contributed by atoms with Crippen LogP contribution in [0, 0.1) is 0 Å². The Bertz CT molecular complexity index is 1740. The van der Waals surface area contributed by atoms with Gasteiger partial charge in [-0.3, -0.25) is 4.79 Å². The van der Waals surface area contributed by atoms with E-state index in [-0.39, 0.29) is 23.6 Å². The van der Waals surface area contributed by atoms with Crippen molar-refractivity contribution in [2.45, 2.75) is 64.8 Å². The van der Waals surface area contributed by atoms with E-state index in [4.69, 9.17) is 9.40 Å². The Kier molecular flexibility index (Phi) is 6.66. The summed E-state index contributed by atoms with van der Waals surface area (Å²) in [7, 11) is 0. The average Bonchev–Trinajstić information content (AvgIpc) is 3.47. The highest BCUT2D eigenvalue weighted by Gasteiger charge is 2.27. The molecule has 0 radical (unpaired) electrons. The van der Waals surface area contributed by atoms with Gasteiger partial charge in [-0.05, 0) is 48.4 Å². The molecule has 0 spiro atoms. The van der Waals surface area contributed by atoms with E-state index in [0.29, 0.717) is 12.0 Å². The van der Waals surface area contributed by atoms with Crippen molar-refractivity contribution in [1.82, 2.24) is 15.0 Å². The second kappa shape index (κ2) is 10.3. The average molecular weight is 535 g/mol. The fourth-order valence-corrected chi connectivity index (χ4v) is 5.71. The number of rotatable bonds is 6. The van der Waals surface area contributed by atoms with Crippen molar-refractivity contribution in [2.75, 3.05) is 0 Å². The van der Waals surface area contributed by atoms with Crippen molar-refractivity contribution in [3.8, 4) is 5.75 Å². The maximum atomic E-state index is 13.2. The molecule has 0 saturated heterocycles.